The number of nitrogens with zero attached hydrogens (tertiary/aromatic N) is 3. The minimum Gasteiger partial charge on any atom is -0.497 e. The summed E-state index contributed by atoms with van der Waals surface area (Å²) < 4.78 is 5.38. The highest BCUT2D eigenvalue weighted by Gasteiger charge is 2.07. The predicted octanol–water partition coefficient (Wildman–Crippen LogP) is 4.09. The van der Waals surface area contributed by atoms with Crippen LogP contribution in [-0.4, -0.2) is 43.2 Å². The predicted molar refractivity (Wildman–Crippen MR) is 106 cm³/mol. The van der Waals surface area contributed by atoms with Gasteiger partial charge in [0.15, 0.2) is 0 Å². The number of pyridine rings is 1. The molecule has 5 nitrogen and oxygen atoms in total. The number of nitriles is 1. The van der Waals surface area contributed by atoms with Crippen molar-refractivity contribution in [2.24, 2.45) is 0 Å². The lowest BCUT2D eigenvalue weighted by Gasteiger charge is -2.21. The quantitative estimate of drug-likeness (QED) is 0.689. The molecule has 0 bridgehead atoms. The van der Waals surface area contributed by atoms with Crippen LogP contribution in [0.4, 0.5) is 5.69 Å². The van der Waals surface area contributed by atoms with Gasteiger partial charge in [0.1, 0.15) is 5.75 Å². The Morgan fingerprint density at radius 2 is 2.12 bits per heavy atom. The number of hydrogen-bond acceptors (Lipinski definition) is 5. The van der Waals surface area contributed by atoms with Crippen molar-refractivity contribution in [2.45, 2.75) is 26.2 Å². The zero-order valence-corrected chi connectivity index (χ0v) is 15.8. The molecule has 1 aromatic heterocycles. The Kier molecular flexibility index (Phi) is 9.68. The number of rotatable bonds is 10. The number of hydrogen-bond donors (Lipinski definition) is 1. The number of nitrogens with one attached hydrogen (secondary N) is 1. The van der Waals surface area contributed by atoms with Crippen LogP contribution in [0.2, 0.25) is 0 Å². The van der Waals surface area contributed by atoms with Crippen LogP contribution in [0.15, 0.2) is 30.5 Å². The van der Waals surface area contributed by atoms with Crippen molar-refractivity contribution in [3.8, 4) is 11.8 Å². The van der Waals surface area contributed by atoms with Crippen molar-refractivity contribution in [3.63, 3.8) is 0 Å². The molecule has 1 heterocycles. The molecular weight excluding hydrogens is 336 g/mol. The van der Waals surface area contributed by atoms with Gasteiger partial charge in [-0.3, -0.25) is 4.98 Å². The van der Waals surface area contributed by atoms with Crippen molar-refractivity contribution >= 4 is 29.0 Å². The molecule has 0 aliphatic rings. The van der Waals surface area contributed by atoms with Crippen LogP contribution in [0.3, 0.4) is 0 Å². The molecule has 0 fully saturated rings. The van der Waals surface area contributed by atoms with Crippen LogP contribution < -0.4 is 10.1 Å². The van der Waals surface area contributed by atoms with E-state index in [1.807, 2.05) is 24.3 Å². The van der Waals surface area contributed by atoms with Gasteiger partial charge in [0.25, 0.3) is 0 Å². The lowest BCUT2D eigenvalue weighted by Crippen LogP contribution is -2.31. The average molecular weight is 363 g/mol. The lowest BCUT2D eigenvalue weighted by molar-refractivity contribution is 0.285. The fourth-order valence-electron chi connectivity index (χ4n) is 2.69. The van der Waals surface area contributed by atoms with Crippen LogP contribution in [0.25, 0.3) is 10.9 Å². The van der Waals surface area contributed by atoms with Crippen LogP contribution in [0.5, 0.6) is 5.75 Å². The Hall–Kier alpha value is -2.03. The Morgan fingerprint density at radius 3 is 2.84 bits per heavy atom. The topological polar surface area (TPSA) is 61.2 Å². The SMILES string of the molecule is CCCCN(CCC#N)CCNc1cc(OC)cc2cccnc12.Cl. The Balaban J connectivity index is 0.00000312. The third kappa shape index (κ3) is 6.41. The standard InChI is InChI=1S/C19H26N4O.ClH/c1-3-4-11-23(12-6-8-20)13-10-21-18-15-17(24-2)14-16-7-5-9-22-19(16)18;/h5,7,9,14-15,21H,3-4,6,10-13H2,1-2H3;1H. The van der Waals surface area contributed by atoms with Gasteiger partial charge in [0.05, 0.1) is 24.4 Å². The second-order valence-electron chi connectivity index (χ2n) is 5.78. The first-order valence-corrected chi connectivity index (χ1v) is 8.54. The summed E-state index contributed by atoms with van der Waals surface area (Å²) in [5, 5.41) is 13.3. The van der Waals surface area contributed by atoms with Gasteiger partial charge in [-0.05, 0) is 25.1 Å². The fraction of sp³-hybridized carbons (Fsp3) is 0.474. The second-order valence-corrected chi connectivity index (χ2v) is 5.78. The van der Waals surface area contributed by atoms with Gasteiger partial charge < -0.3 is 15.0 Å². The first kappa shape index (κ1) is 21.0. The summed E-state index contributed by atoms with van der Waals surface area (Å²) in [4.78, 5) is 6.82. The number of aromatic nitrogens is 1. The van der Waals surface area contributed by atoms with Gasteiger partial charge >= 0.3 is 0 Å². The molecule has 0 saturated heterocycles. The monoisotopic (exact) mass is 362 g/mol. The fourth-order valence-corrected chi connectivity index (χ4v) is 2.69. The minimum atomic E-state index is 0. The third-order valence-corrected chi connectivity index (χ3v) is 4.03. The number of methoxy groups -OCH3 is 1. The summed E-state index contributed by atoms with van der Waals surface area (Å²) in [6.45, 7) is 5.78. The minimum absolute atomic E-state index is 0. The van der Waals surface area contributed by atoms with Crippen LogP contribution >= 0.6 is 12.4 Å². The van der Waals surface area contributed by atoms with E-state index in [9.17, 15) is 0 Å². The van der Waals surface area contributed by atoms with Crippen LogP contribution in [0.1, 0.15) is 26.2 Å². The molecule has 1 N–H and O–H groups in total. The van der Waals surface area contributed by atoms with Crippen molar-refractivity contribution in [2.75, 3.05) is 38.6 Å². The van der Waals surface area contributed by atoms with E-state index in [2.05, 4.69) is 28.2 Å². The van der Waals surface area contributed by atoms with E-state index < -0.39 is 0 Å². The first-order chi connectivity index (χ1) is 11.8. The van der Waals surface area contributed by atoms with Crippen molar-refractivity contribution in [1.29, 1.82) is 5.26 Å². The molecule has 136 valence electrons. The molecule has 0 atom stereocenters. The van der Waals surface area contributed by atoms with Gasteiger partial charge in [-0.2, -0.15) is 5.26 Å². The zero-order chi connectivity index (χ0) is 17.2. The number of halogens is 1. The molecule has 0 saturated carbocycles. The third-order valence-electron chi connectivity index (χ3n) is 4.03. The Bertz CT molecular complexity index is 687. The van der Waals surface area contributed by atoms with Crippen LogP contribution in [-0.2, 0) is 0 Å². The van der Waals surface area contributed by atoms with E-state index in [-0.39, 0.29) is 12.4 Å². The van der Waals surface area contributed by atoms with E-state index >= 15 is 0 Å². The average Bonchev–Trinajstić information content (AvgIpc) is 2.63. The highest BCUT2D eigenvalue weighted by atomic mass is 35.5. The molecule has 0 unspecified atom stereocenters. The van der Waals surface area contributed by atoms with E-state index in [4.69, 9.17) is 10.00 Å². The van der Waals surface area contributed by atoms with Gasteiger partial charge in [0.2, 0.25) is 0 Å². The number of benzene rings is 1. The highest BCUT2D eigenvalue weighted by Crippen LogP contribution is 2.27. The van der Waals surface area contributed by atoms with E-state index in [0.29, 0.717) is 6.42 Å². The summed E-state index contributed by atoms with van der Waals surface area (Å²) >= 11 is 0. The lowest BCUT2D eigenvalue weighted by atomic mass is 10.1. The maximum atomic E-state index is 8.81. The Morgan fingerprint density at radius 1 is 1.28 bits per heavy atom. The molecule has 0 aliphatic heterocycles. The molecule has 0 radical (unpaired) electrons. The number of ether oxygens (including phenoxy) is 1. The summed E-state index contributed by atoms with van der Waals surface area (Å²) in [6, 6.07) is 10.2. The van der Waals surface area contributed by atoms with Crippen LogP contribution in [0, 0.1) is 11.3 Å². The number of anilines is 1. The van der Waals surface area contributed by atoms with E-state index in [1.165, 1.54) is 6.42 Å². The Labute approximate surface area is 156 Å². The van der Waals surface area contributed by atoms with Crippen molar-refractivity contribution in [3.05, 3.63) is 30.5 Å². The molecule has 2 aromatic rings. The summed E-state index contributed by atoms with van der Waals surface area (Å²) in [5.74, 6) is 0.824. The zero-order valence-electron chi connectivity index (χ0n) is 15.0. The summed E-state index contributed by atoms with van der Waals surface area (Å²) in [7, 11) is 1.68. The maximum absolute atomic E-state index is 8.81. The molecular formula is C19H27ClN4O. The van der Waals surface area contributed by atoms with Gasteiger partial charge in [-0.15, -0.1) is 12.4 Å². The largest absolute Gasteiger partial charge is 0.497 e. The molecule has 2 rings (SSSR count). The number of unbranched alkanes of at least 4 members (excludes halogenated alkanes) is 1. The van der Waals surface area contributed by atoms with E-state index in [1.54, 1.807) is 13.3 Å². The molecule has 0 spiro atoms. The van der Waals surface area contributed by atoms with Gasteiger partial charge in [-0.1, -0.05) is 19.4 Å². The molecule has 0 amide bonds. The molecule has 6 heteroatoms. The molecule has 0 aliphatic carbocycles. The summed E-state index contributed by atoms with van der Waals surface area (Å²) in [5.41, 5.74) is 1.94. The van der Waals surface area contributed by atoms with Gasteiger partial charge in [0, 0.05) is 43.7 Å². The van der Waals surface area contributed by atoms with Crippen molar-refractivity contribution in [1.82, 2.24) is 9.88 Å². The highest BCUT2D eigenvalue weighted by molar-refractivity contribution is 5.91. The smallest absolute Gasteiger partial charge is 0.121 e. The van der Waals surface area contributed by atoms with Gasteiger partial charge in [-0.25, -0.2) is 0 Å². The summed E-state index contributed by atoms with van der Waals surface area (Å²) in [6.07, 6.45) is 4.71. The second kappa shape index (κ2) is 11.5. The van der Waals surface area contributed by atoms with E-state index in [0.717, 1.165) is 54.9 Å². The normalized spacial score (nSPS) is 10.3. The molecule has 1 aromatic carbocycles. The number of fused-ring (bicyclic) bond motifs is 1. The first-order valence-electron chi connectivity index (χ1n) is 8.54. The van der Waals surface area contributed by atoms with Crippen molar-refractivity contribution < 1.29 is 4.74 Å². The maximum Gasteiger partial charge on any atom is 0.121 e. The molecule has 25 heavy (non-hydrogen) atoms.